The molecule has 4 rings (SSSR count). The highest BCUT2D eigenvalue weighted by Crippen LogP contribution is 2.48. The highest BCUT2D eigenvalue weighted by atomic mass is 35.5. The molecule has 1 aromatic carbocycles. The minimum absolute atomic E-state index is 0.0334. The van der Waals surface area contributed by atoms with Gasteiger partial charge in [0.2, 0.25) is 5.91 Å². The summed E-state index contributed by atoms with van der Waals surface area (Å²) in [5.41, 5.74) is 0.640. The topological polar surface area (TPSA) is 41.4 Å². The Morgan fingerprint density at radius 1 is 1.27 bits per heavy atom. The number of hydrogen-bond acceptors (Lipinski definition) is 4. The van der Waals surface area contributed by atoms with Crippen LogP contribution < -0.4 is 0 Å². The Bertz CT molecular complexity index is 1340. The summed E-state index contributed by atoms with van der Waals surface area (Å²) in [7, 11) is 16.7. The molecule has 0 saturated carbocycles. The van der Waals surface area contributed by atoms with Crippen LogP contribution in [0.2, 0.25) is 4.34 Å². The second-order valence-corrected chi connectivity index (χ2v) is 10.8. The number of aromatic nitrogens is 2. The van der Waals surface area contributed by atoms with Gasteiger partial charge in [0.1, 0.15) is 0 Å². The molecule has 0 aliphatic carbocycles. The zero-order chi connectivity index (χ0) is 27.1. The number of rotatable bonds is 6. The Morgan fingerprint density at radius 2 is 1.97 bits per heavy atom. The number of likely N-dealkylation sites (N-methyl/N-ethyl adjacent to an activating group) is 1. The van der Waals surface area contributed by atoms with Crippen molar-refractivity contribution in [1.29, 1.82) is 0 Å². The fourth-order valence-electron chi connectivity index (χ4n) is 4.53. The zero-order valence-electron chi connectivity index (χ0n) is 20.6. The van der Waals surface area contributed by atoms with Crippen LogP contribution in [0.3, 0.4) is 0 Å². The van der Waals surface area contributed by atoms with Crippen molar-refractivity contribution in [2.75, 3.05) is 27.2 Å². The summed E-state index contributed by atoms with van der Waals surface area (Å²) >= 11 is 7.52. The maximum atomic E-state index is 14.0. The van der Waals surface area contributed by atoms with Gasteiger partial charge in [-0.25, -0.2) is 0 Å². The minimum Gasteiger partial charge on any atom is -0.345 e. The number of nitrogens with zero attached hydrogens (tertiary/aromatic N) is 4. The quantitative estimate of drug-likeness (QED) is 0.331. The Balaban J connectivity index is 1.86. The van der Waals surface area contributed by atoms with Gasteiger partial charge in [0.05, 0.1) is 20.0 Å². The van der Waals surface area contributed by atoms with Crippen molar-refractivity contribution in [2.45, 2.75) is 30.9 Å². The molecule has 37 heavy (non-hydrogen) atoms. The molecule has 190 valence electrons. The van der Waals surface area contributed by atoms with Crippen molar-refractivity contribution in [1.82, 2.24) is 19.6 Å². The van der Waals surface area contributed by atoms with E-state index < -0.39 is 29.0 Å². The first kappa shape index (κ1) is 27.5. The molecule has 0 bridgehead atoms. The van der Waals surface area contributed by atoms with Gasteiger partial charge in [0.15, 0.2) is 5.69 Å². The molecule has 5 nitrogen and oxygen atoms in total. The summed E-state index contributed by atoms with van der Waals surface area (Å²) in [6.45, 7) is 2.59. The van der Waals surface area contributed by atoms with E-state index in [-0.39, 0.29) is 18.7 Å². The largest absolute Gasteiger partial charge is 0.435 e. The van der Waals surface area contributed by atoms with Crippen molar-refractivity contribution >= 4 is 44.5 Å². The van der Waals surface area contributed by atoms with Gasteiger partial charge in [-0.3, -0.25) is 9.48 Å². The van der Waals surface area contributed by atoms with Gasteiger partial charge in [0, 0.05) is 48.3 Å². The van der Waals surface area contributed by atoms with Crippen LogP contribution in [0.1, 0.15) is 34.5 Å². The number of carbonyl (C=O) groups is 1. The number of hydrogen-bond donors (Lipinski definition) is 0. The van der Waals surface area contributed by atoms with Crippen molar-refractivity contribution in [3.8, 4) is 11.1 Å². The van der Waals surface area contributed by atoms with Crippen LogP contribution in [0, 0.1) is 0 Å². The number of fused-ring (bicyclic) bond motifs is 1. The van der Waals surface area contributed by atoms with Crippen LogP contribution in [-0.4, -0.2) is 68.4 Å². The van der Waals surface area contributed by atoms with Crippen molar-refractivity contribution in [3.63, 3.8) is 0 Å². The predicted octanol–water partition coefficient (Wildman–Crippen LogP) is 4.84. The van der Waals surface area contributed by atoms with Gasteiger partial charge < -0.3 is 9.80 Å². The lowest BCUT2D eigenvalue weighted by atomic mass is 9.56. The number of alkyl halides is 3. The van der Waals surface area contributed by atoms with Crippen LogP contribution in [0.5, 0.6) is 0 Å². The zero-order valence-corrected chi connectivity index (χ0v) is 22.2. The average molecular weight is 543 g/mol. The molecular weight excluding hydrogens is 518 g/mol. The highest BCUT2D eigenvalue weighted by molar-refractivity contribution is 7.17. The minimum atomic E-state index is -4.64. The van der Waals surface area contributed by atoms with Gasteiger partial charge in [0.25, 0.3) is 0 Å². The standard InChI is InChI=1S/C25H24B2ClF3N4OS/c1-4-34-13-19(22(32-34)25(29,30)31)16-9-6-5-8-15(16)18-14-35(21(36)10-7-11-33(2)3)24(26,27)23-17(18)12-20(28)37-23/h5-10,12-13,18H,4,11,14H2,1-3H3/b10-7+. The highest BCUT2D eigenvalue weighted by Gasteiger charge is 2.43. The summed E-state index contributed by atoms with van der Waals surface area (Å²) in [4.78, 5) is 17.0. The van der Waals surface area contributed by atoms with Crippen LogP contribution >= 0.6 is 22.9 Å². The van der Waals surface area contributed by atoms with Crippen LogP contribution in [0.15, 0.2) is 48.7 Å². The maximum Gasteiger partial charge on any atom is 0.435 e. The van der Waals surface area contributed by atoms with Crippen LogP contribution in [0.25, 0.3) is 11.1 Å². The molecule has 0 N–H and O–H groups in total. The molecule has 1 amide bonds. The Morgan fingerprint density at radius 3 is 2.62 bits per heavy atom. The van der Waals surface area contributed by atoms with E-state index in [1.54, 1.807) is 43.3 Å². The molecular formula is C25H24B2ClF3N4OS. The van der Waals surface area contributed by atoms with Crippen LogP contribution in [-0.2, 0) is 22.9 Å². The molecule has 0 spiro atoms. The lowest BCUT2D eigenvalue weighted by Crippen LogP contribution is -2.54. The van der Waals surface area contributed by atoms with E-state index in [0.29, 0.717) is 32.4 Å². The first-order valence-electron chi connectivity index (χ1n) is 11.6. The summed E-state index contributed by atoms with van der Waals surface area (Å²) in [6.07, 6.45) is -0.137. The first-order chi connectivity index (χ1) is 17.3. The number of carbonyl (C=O) groups excluding carboxylic acids is 1. The van der Waals surface area contributed by atoms with E-state index in [4.69, 9.17) is 27.3 Å². The normalized spacial score (nSPS) is 17.5. The smallest absolute Gasteiger partial charge is 0.345 e. The molecule has 1 unspecified atom stereocenters. The van der Waals surface area contributed by atoms with E-state index in [0.717, 1.165) is 11.3 Å². The van der Waals surface area contributed by atoms with Crippen molar-refractivity contribution in [2.24, 2.45) is 0 Å². The summed E-state index contributed by atoms with van der Waals surface area (Å²) in [5.74, 6) is -0.924. The maximum absolute atomic E-state index is 14.0. The lowest BCUT2D eigenvalue weighted by molar-refractivity contribution is -0.141. The van der Waals surface area contributed by atoms with E-state index in [1.807, 2.05) is 19.0 Å². The molecule has 4 radical (unpaired) electrons. The number of halogens is 4. The summed E-state index contributed by atoms with van der Waals surface area (Å²) in [6, 6.07) is 8.53. The molecule has 1 aliphatic rings. The van der Waals surface area contributed by atoms with Crippen molar-refractivity contribution < 1.29 is 18.0 Å². The number of amides is 1. The molecule has 2 aromatic heterocycles. The van der Waals surface area contributed by atoms with E-state index in [1.165, 1.54) is 21.9 Å². The fourth-order valence-corrected chi connectivity index (χ4v) is 5.85. The summed E-state index contributed by atoms with van der Waals surface area (Å²) < 4.78 is 43.5. The monoisotopic (exact) mass is 542 g/mol. The van der Waals surface area contributed by atoms with Crippen molar-refractivity contribution in [3.05, 3.63) is 74.7 Å². The molecule has 12 heteroatoms. The molecule has 1 atom stereocenters. The van der Waals surface area contributed by atoms with E-state index in [2.05, 4.69) is 5.10 Å². The molecule has 3 heterocycles. The Labute approximate surface area is 225 Å². The number of benzene rings is 1. The number of thiophene rings is 1. The average Bonchev–Trinajstić information content (AvgIpc) is 3.43. The predicted molar refractivity (Wildman–Crippen MR) is 142 cm³/mol. The third kappa shape index (κ3) is 5.40. The molecule has 3 aromatic rings. The van der Waals surface area contributed by atoms with E-state index in [9.17, 15) is 18.0 Å². The van der Waals surface area contributed by atoms with Gasteiger partial charge in [-0.15, -0.1) is 11.3 Å². The Hall–Kier alpha value is -2.49. The fraction of sp³-hybridized carbons (Fsp3) is 0.360. The molecule has 0 fully saturated rings. The van der Waals surface area contributed by atoms with Gasteiger partial charge in [-0.1, -0.05) is 41.9 Å². The Kier molecular flexibility index (Phi) is 7.70. The van der Waals surface area contributed by atoms with Gasteiger partial charge in [-0.2, -0.15) is 18.3 Å². The third-order valence-corrected chi connectivity index (χ3v) is 7.68. The number of aryl methyl sites for hydroxylation is 1. The lowest BCUT2D eigenvalue weighted by Gasteiger charge is -2.46. The van der Waals surface area contributed by atoms with Gasteiger partial charge >= 0.3 is 6.18 Å². The first-order valence-corrected chi connectivity index (χ1v) is 12.8. The SMILES string of the molecule is [B]C1([B])c2sc(Cl)cc2C(c2ccccc2-c2cn(CC)nc2C(F)(F)F)CN1C(=O)/C=C/CN(C)C. The third-order valence-electron chi connectivity index (χ3n) is 6.26. The summed E-state index contributed by atoms with van der Waals surface area (Å²) in [5, 5.41) is 2.14. The second kappa shape index (κ2) is 10.3. The van der Waals surface area contributed by atoms with E-state index >= 15 is 0 Å². The second-order valence-electron chi connectivity index (χ2n) is 9.16. The van der Waals surface area contributed by atoms with Gasteiger partial charge in [-0.05, 0) is 49.1 Å². The molecule has 1 aliphatic heterocycles. The van der Waals surface area contributed by atoms with Crippen LogP contribution in [0.4, 0.5) is 13.2 Å². The molecule has 0 saturated heterocycles.